The van der Waals surface area contributed by atoms with Gasteiger partial charge in [0.2, 0.25) is 0 Å². The summed E-state index contributed by atoms with van der Waals surface area (Å²) >= 11 is 0. The lowest BCUT2D eigenvalue weighted by atomic mass is 9.87. The summed E-state index contributed by atoms with van der Waals surface area (Å²) in [4.78, 5) is 14.3. The first-order chi connectivity index (χ1) is 11.7. The number of likely N-dealkylation sites (N-methyl/N-ethyl adjacent to an activating group) is 1. The van der Waals surface area contributed by atoms with Gasteiger partial charge in [-0.2, -0.15) is 5.26 Å². The lowest BCUT2D eigenvalue weighted by molar-refractivity contribution is -0.134. The number of benzene rings is 2. The number of nitriles is 1. The van der Waals surface area contributed by atoms with Crippen LogP contribution < -0.4 is 4.74 Å². The number of hydrogen-bond acceptors (Lipinski definition) is 3. The Kier molecular flexibility index (Phi) is 4.81. The second kappa shape index (κ2) is 7.18. The van der Waals surface area contributed by atoms with Gasteiger partial charge in [0.1, 0.15) is 11.8 Å². The van der Waals surface area contributed by atoms with E-state index in [0.717, 1.165) is 19.3 Å². The van der Waals surface area contributed by atoms with Crippen LogP contribution in [0.25, 0.3) is 0 Å². The van der Waals surface area contributed by atoms with Crippen molar-refractivity contribution in [3.05, 3.63) is 65.2 Å². The second-order valence-corrected chi connectivity index (χ2v) is 6.01. The van der Waals surface area contributed by atoms with Crippen molar-refractivity contribution in [1.29, 1.82) is 5.26 Å². The molecule has 2 aromatic carbocycles. The van der Waals surface area contributed by atoms with Gasteiger partial charge >= 0.3 is 0 Å². The number of nitrogens with zero attached hydrogens (tertiary/aromatic N) is 2. The van der Waals surface area contributed by atoms with Gasteiger partial charge in [0.05, 0.1) is 11.6 Å². The Morgan fingerprint density at radius 1 is 1.25 bits per heavy atom. The minimum atomic E-state index is -0.0792. The number of para-hydroxylation sites is 1. The Labute approximate surface area is 142 Å². The highest BCUT2D eigenvalue weighted by Gasteiger charge is 2.26. The van der Waals surface area contributed by atoms with E-state index in [2.05, 4.69) is 18.2 Å². The van der Waals surface area contributed by atoms with Crippen molar-refractivity contribution in [3.8, 4) is 11.8 Å². The molecule has 0 aliphatic heterocycles. The van der Waals surface area contributed by atoms with E-state index in [1.807, 2.05) is 19.2 Å². The van der Waals surface area contributed by atoms with Crippen LogP contribution in [0, 0.1) is 11.3 Å². The molecule has 4 heteroatoms. The van der Waals surface area contributed by atoms with Gasteiger partial charge in [-0.25, -0.2) is 0 Å². The minimum Gasteiger partial charge on any atom is -0.482 e. The topological polar surface area (TPSA) is 53.3 Å². The summed E-state index contributed by atoms with van der Waals surface area (Å²) < 4.78 is 5.58. The average molecular weight is 320 g/mol. The van der Waals surface area contributed by atoms with E-state index in [0.29, 0.717) is 11.3 Å². The van der Waals surface area contributed by atoms with Crippen LogP contribution in [0.15, 0.2) is 48.5 Å². The lowest BCUT2D eigenvalue weighted by Crippen LogP contribution is -2.36. The van der Waals surface area contributed by atoms with Crippen molar-refractivity contribution in [1.82, 2.24) is 4.90 Å². The van der Waals surface area contributed by atoms with E-state index in [9.17, 15) is 4.79 Å². The van der Waals surface area contributed by atoms with Gasteiger partial charge < -0.3 is 9.64 Å². The average Bonchev–Trinajstić information content (AvgIpc) is 2.65. The van der Waals surface area contributed by atoms with Crippen LogP contribution in [-0.2, 0) is 11.2 Å². The Balaban J connectivity index is 1.69. The molecule has 0 aromatic heterocycles. The molecule has 4 nitrogen and oxygen atoms in total. The molecule has 0 unspecified atom stereocenters. The van der Waals surface area contributed by atoms with Gasteiger partial charge in [0.25, 0.3) is 5.91 Å². The highest BCUT2D eigenvalue weighted by molar-refractivity contribution is 5.78. The molecule has 0 bridgehead atoms. The molecule has 122 valence electrons. The van der Waals surface area contributed by atoms with Crippen molar-refractivity contribution in [2.45, 2.75) is 25.3 Å². The molecule has 1 amide bonds. The van der Waals surface area contributed by atoms with Crippen LogP contribution in [0.3, 0.4) is 0 Å². The van der Waals surface area contributed by atoms with Crippen molar-refractivity contribution >= 4 is 5.91 Å². The molecule has 1 aliphatic carbocycles. The largest absolute Gasteiger partial charge is 0.482 e. The summed E-state index contributed by atoms with van der Waals surface area (Å²) in [6.07, 6.45) is 3.12. The number of amides is 1. The van der Waals surface area contributed by atoms with Crippen molar-refractivity contribution in [3.63, 3.8) is 0 Å². The first-order valence-electron chi connectivity index (χ1n) is 8.16. The van der Waals surface area contributed by atoms with Gasteiger partial charge in [0.15, 0.2) is 6.61 Å². The third-order valence-electron chi connectivity index (χ3n) is 4.56. The number of hydrogen-bond donors (Lipinski definition) is 0. The van der Waals surface area contributed by atoms with E-state index in [1.165, 1.54) is 11.1 Å². The third-order valence-corrected chi connectivity index (χ3v) is 4.56. The van der Waals surface area contributed by atoms with Crippen LogP contribution in [0.1, 0.15) is 35.6 Å². The molecule has 0 saturated heterocycles. The number of carbonyl (C=O) groups is 1. The number of rotatable bonds is 4. The highest BCUT2D eigenvalue weighted by atomic mass is 16.5. The number of carbonyl (C=O) groups excluding carboxylic acids is 1. The van der Waals surface area contributed by atoms with Gasteiger partial charge in [-0.1, -0.05) is 36.4 Å². The molecule has 0 fully saturated rings. The fraction of sp³-hybridized carbons (Fsp3) is 0.300. The summed E-state index contributed by atoms with van der Waals surface area (Å²) in [6, 6.07) is 17.4. The lowest BCUT2D eigenvalue weighted by Gasteiger charge is -2.33. The Morgan fingerprint density at radius 2 is 2.00 bits per heavy atom. The molecule has 0 saturated carbocycles. The highest BCUT2D eigenvalue weighted by Crippen LogP contribution is 2.33. The smallest absolute Gasteiger partial charge is 0.260 e. The third kappa shape index (κ3) is 3.26. The van der Waals surface area contributed by atoms with Gasteiger partial charge in [-0.05, 0) is 42.5 Å². The molecule has 3 rings (SSSR count). The summed E-state index contributed by atoms with van der Waals surface area (Å²) in [5, 5.41) is 9.08. The normalized spacial score (nSPS) is 15.9. The van der Waals surface area contributed by atoms with Crippen LogP contribution in [0.5, 0.6) is 5.75 Å². The monoisotopic (exact) mass is 320 g/mol. The number of ether oxygens (including phenoxy) is 1. The predicted molar refractivity (Wildman–Crippen MR) is 91.5 cm³/mol. The number of fused-ring (bicyclic) bond motifs is 1. The summed E-state index contributed by atoms with van der Waals surface area (Å²) in [6.45, 7) is -0.0616. The van der Waals surface area contributed by atoms with Crippen LogP contribution in [0.2, 0.25) is 0 Å². The molecule has 0 N–H and O–H groups in total. The Bertz CT molecular complexity index is 779. The minimum absolute atomic E-state index is 0.0616. The first kappa shape index (κ1) is 16.1. The summed E-state index contributed by atoms with van der Waals surface area (Å²) in [5.41, 5.74) is 3.00. The molecule has 0 radical (unpaired) electrons. The molecular weight excluding hydrogens is 300 g/mol. The van der Waals surface area contributed by atoms with Crippen LogP contribution in [-0.4, -0.2) is 24.5 Å². The second-order valence-electron chi connectivity index (χ2n) is 6.01. The zero-order valence-electron chi connectivity index (χ0n) is 13.7. The first-order valence-corrected chi connectivity index (χ1v) is 8.16. The summed E-state index contributed by atoms with van der Waals surface area (Å²) in [7, 11) is 1.83. The fourth-order valence-electron chi connectivity index (χ4n) is 3.23. The van der Waals surface area contributed by atoms with E-state index in [4.69, 9.17) is 10.00 Å². The van der Waals surface area contributed by atoms with Gasteiger partial charge in [-0.15, -0.1) is 0 Å². The van der Waals surface area contributed by atoms with Gasteiger partial charge in [-0.3, -0.25) is 4.79 Å². The zero-order chi connectivity index (χ0) is 16.9. The predicted octanol–water partition coefficient (Wildman–Crippen LogP) is 3.47. The zero-order valence-corrected chi connectivity index (χ0v) is 13.7. The SMILES string of the molecule is CN(C(=O)COc1ccccc1C#N)[C@H]1CCCc2ccccc21. The molecule has 0 heterocycles. The standard InChI is InChI=1S/C20H20N2O2/c1-22(18-11-6-9-15-7-2-4-10-17(15)18)20(23)14-24-19-12-5-3-8-16(19)13-21/h2-5,7-8,10,12,18H,6,9,11,14H2,1H3/t18-/m0/s1. The van der Waals surface area contributed by atoms with E-state index < -0.39 is 0 Å². The van der Waals surface area contributed by atoms with Gasteiger partial charge in [0, 0.05) is 7.05 Å². The van der Waals surface area contributed by atoms with Crippen LogP contribution in [0.4, 0.5) is 0 Å². The van der Waals surface area contributed by atoms with E-state index in [1.54, 1.807) is 29.2 Å². The fourth-order valence-corrected chi connectivity index (χ4v) is 3.23. The number of aryl methyl sites for hydroxylation is 1. The van der Waals surface area contributed by atoms with E-state index >= 15 is 0 Å². The molecule has 1 aliphatic rings. The van der Waals surface area contributed by atoms with Crippen molar-refractivity contribution in [2.24, 2.45) is 0 Å². The maximum atomic E-state index is 12.5. The molecule has 1 atom stereocenters. The molecular formula is C20H20N2O2. The Morgan fingerprint density at radius 3 is 2.83 bits per heavy atom. The Hall–Kier alpha value is -2.80. The quantitative estimate of drug-likeness (QED) is 0.866. The van der Waals surface area contributed by atoms with Crippen molar-refractivity contribution in [2.75, 3.05) is 13.7 Å². The molecule has 0 spiro atoms. The molecule has 2 aromatic rings. The van der Waals surface area contributed by atoms with Crippen molar-refractivity contribution < 1.29 is 9.53 Å². The molecule has 24 heavy (non-hydrogen) atoms. The van der Waals surface area contributed by atoms with E-state index in [-0.39, 0.29) is 18.6 Å². The maximum absolute atomic E-state index is 12.5. The summed E-state index contributed by atoms with van der Waals surface area (Å²) in [5.74, 6) is 0.371. The maximum Gasteiger partial charge on any atom is 0.260 e. The van der Waals surface area contributed by atoms with Crippen LogP contribution >= 0.6 is 0 Å².